The Morgan fingerprint density at radius 2 is 1.92 bits per heavy atom. The Kier molecular flexibility index (Phi) is 5.81. The third-order valence-electron chi connectivity index (χ3n) is 5.93. The summed E-state index contributed by atoms with van der Waals surface area (Å²) in [5, 5.41) is 17.4. The number of aromatic nitrogens is 6. The van der Waals surface area contributed by atoms with Crippen molar-refractivity contribution >= 4 is 22.6 Å². The minimum absolute atomic E-state index is 0.0114. The molecule has 0 radical (unpaired) electrons. The van der Waals surface area contributed by atoms with Crippen LogP contribution in [-0.2, 0) is 12.6 Å². The van der Waals surface area contributed by atoms with Gasteiger partial charge in [-0.2, -0.15) is 10.4 Å². The second-order valence-electron chi connectivity index (χ2n) is 9.06. The van der Waals surface area contributed by atoms with Gasteiger partial charge in [0.1, 0.15) is 17.5 Å². The Morgan fingerprint density at radius 3 is 2.62 bits per heavy atom. The zero-order valence-electron chi connectivity index (χ0n) is 20.5. The minimum Gasteiger partial charge on any atom is -0.382 e. The summed E-state index contributed by atoms with van der Waals surface area (Å²) in [4.78, 5) is 31.4. The lowest BCUT2D eigenvalue weighted by atomic mass is 9.99. The number of rotatable bonds is 5. The zero-order valence-corrected chi connectivity index (χ0v) is 20.5. The van der Waals surface area contributed by atoms with Crippen LogP contribution in [0.2, 0.25) is 0 Å². The zero-order chi connectivity index (χ0) is 26.2. The molecule has 0 saturated carbocycles. The SMILES string of the molecule is Cn1ccc(-c2nc(N)c(C(=O)NC(C)(C)c3ccc(C#N)cn3)nc2-c2ccc3ncccc3c2)n1. The number of anilines is 1. The average molecular weight is 490 g/mol. The average Bonchev–Trinajstić information content (AvgIpc) is 3.34. The molecule has 37 heavy (non-hydrogen) atoms. The number of aryl methyl sites for hydroxylation is 1. The van der Waals surface area contributed by atoms with Crippen LogP contribution >= 0.6 is 0 Å². The molecule has 182 valence electrons. The van der Waals surface area contributed by atoms with E-state index in [4.69, 9.17) is 16.0 Å². The number of nitrogen functional groups attached to an aromatic ring is 1. The largest absolute Gasteiger partial charge is 0.382 e. The molecule has 10 nitrogen and oxygen atoms in total. The highest BCUT2D eigenvalue weighted by molar-refractivity contribution is 5.98. The molecule has 4 aromatic heterocycles. The van der Waals surface area contributed by atoms with Crippen LogP contribution in [0.3, 0.4) is 0 Å². The summed E-state index contributed by atoms with van der Waals surface area (Å²) in [5.41, 5.74) is 9.50. The standard InChI is InChI=1S/C27H23N9O/c1-27(2,21-9-6-16(14-28)15-31-21)34-26(37)24-25(29)33-23(20-10-12-36(3)35-20)22(32-24)18-7-8-19-17(13-18)5-4-11-30-19/h4-13,15H,1-3H3,(H2,29,33)(H,34,37). The molecule has 5 rings (SSSR count). The normalized spacial score (nSPS) is 11.3. The molecular weight excluding hydrogens is 466 g/mol. The van der Waals surface area contributed by atoms with E-state index in [1.807, 2.05) is 63.4 Å². The molecule has 5 aromatic rings. The van der Waals surface area contributed by atoms with Crippen molar-refractivity contribution in [3.63, 3.8) is 0 Å². The summed E-state index contributed by atoms with van der Waals surface area (Å²) in [6.07, 6.45) is 5.00. The third kappa shape index (κ3) is 4.58. The Hall–Kier alpha value is -5.17. The van der Waals surface area contributed by atoms with Crippen molar-refractivity contribution in [2.24, 2.45) is 7.05 Å². The molecule has 0 aliphatic heterocycles. The number of hydrogen-bond donors (Lipinski definition) is 2. The number of carbonyl (C=O) groups excluding carboxylic acids is 1. The van der Waals surface area contributed by atoms with Crippen LogP contribution in [0.25, 0.3) is 33.5 Å². The summed E-state index contributed by atoms with van der Waals surface area (Å²) >= 11 is 0. The minimum atomic E-state index is -0.867. The first kappa shape index (κ1) is 23.6. The Morgan fingerprint density at radius 1 is 1.08 bits per heavy atom. The number of fused-ring (bicyclic) bond motifs is 1. The fourth-order valence-electron chi connectivity index (χ4n) is 4.00. The lowest BCUT2D eigenvalue weighted by molar-refractivity contribution is 0.0906. The van der Waals surface area contributed by atoms with Gasteiger partial charge in [0.15, 0.2) is 11.5 Å². The summed E-state index contributed by atoms with van der Waals surface area (Å²) in [6.45, 7) is 3.62. The third-order valence-corrected chi connectivity index (χ3v) is 5.93. The molecule has 4 heterocycles. The highest BCUT2D eigenvalue weighted by Crippen LogP contribution is 2.32. The summed E-state index contributed by atoms with van der Waals surface area (Å²) < 4.78 is 1.66. The van der Waals surface area contributed by atoms with Crippen LogP contribution in [0, 0.1) is 11.3 Å². The van der Waals surface area contributed by atoms with Crippen molar-refractivity contribution < 1.29 is 4.79 Å². The molecule has 0 spiro atoms. The predicted molar refractivity (Wildman–Crippen MR) is 139 cm³/mol. The molecule has 0 aliphatic carbocycles. The summed E-state index contributed by atoms with van der Waals surface area (Å²) in [5.74, 6) is -0.523. The number of benzene rings is 1. The van der Waals surface area contributed by atoms with Crippen molar-refractivity contribution in [2.75, 3.05) is 5.73 Å². The number of nitrogens with one attached hydrogen (secondary N) is 1. The number of nitriles is 1. The molecule has 1 amide bonds. The van der Waals surface area contributed by atoms with Crippen molar-refractivity contribution in [1.29, 1.82) is 5.26 Å². The maximum absolute atomic E-state index is 13.4. The number of carbonyl (C=O) groups is 1. The van der Waals surface area contributed by atoms with Gasteiger partial charge in [-0.05, 0) is 50.2 Å². The van der Waals surface area contributed by atoms with Crippen LogP contribution in [0.15, 0.2) is 67.1 Å². The van der Waals surface area contributed by atoms with Gasteiger partial charge in [-0.25, -0.2) is 9.97 Å². The number of nitrogens with zero attached hydrogens (tertiary/aromatic N) is 7. The van der Waals surface area contributed by atoms with E-state index in [0.717, 1.165) is 16.5 Å². The van der Waals surface area contributed by atoms with E-state index in [-0.39, 0.29) is 11.5 Å². The van der Waals surface area contributed by atoms with Gasteiger partial charge in [-0.3, -0.25) is 19.4 Å². The van der Waals surface area contributed by atoms with E-state index in [0.29, 0.717) is 28.3 Å². The van der Waals surface area contributed by atoms with Gasteiger partial charge in [0.25, 0.3) is 5.91 Å². The van der Waals surface area contributed by atoms with E-state index in [1.165, 1.54) is 6.20 Å². The van der Waals surface area contributed by atoms with Gasteiger partial charge in [0, 0.05) is 36.6 Å². The van der Waals surface area contributed by atoms with E-state index >= 15 is 0 Å². The Labute approximate surface area is 212 Å². The maximum atomic E-state index is 13.4. The van der Waals surface area contributed by atoms with Crippen molar-refractivity contribution in [3.8, 4) is 28.7 Å². The first-order valence-electron chi connectivity index (χ1n) is 11.5. The fraction of sp³-hybridized carbons (Fsp3) is 0.148. The quantitative estimate of drug-likeness (QED) is 0.380. The van der Waals surface area contributed by atoms with Gasteiger partial charge in [0.2, 0.25) is 0 Å². The fourth-order valence-corrected chi connectivity index (χ4v) is 4.00. The number of hydrogen-bond acceptors (Lipinski definition) is 8. The van der Waals surface area contributed by atoms with E-state index in [2.05, 4.69) is 25.4 Å². The molecule has 0 fully saturated rings. The molecule has 10 heteroatoms. The molecule has 0 unspecified atom stereocenters. The van der Waals surface area contributed by atoms with Crippen molar-refractivity contribution in [2.45, 2.75) is 19.4 Å². The highest BCUT2D eigenvalue weighted by Gasteiger charge is 2.28. The van der Waals surface area contributed by atoms with E-state index < -0.39 is 11.4 Å². The van der Waals surface area contributed by atoms with Gasteiger partial charge < -0.3 is 11.1 Å². The second kappa shape index (κ2) is 9.13. The highest BCUT2D eigenvalue weighted by atomic mass is 16.2. The monoisotopic (exact) mass is 489 g/mol. The Bertz CT molecular complexity index is 1680. The van der Waals surface area contributed by atoms with Crippen LogP contribution in [0.4, 0.5) is 5.82 Å². The van der Waals surface area contributed by atoms with Gasteiger partial charge in [0.05, 0.1) is 28.0 Å². The molecule has 0 bridgehead atoms. The van der Waals surface area contributed by atoms with Crippen LogP contribution in [-0.4, -0.2) is 35.6 Å². The summed E-state index contributed by atoms with van der Waals surface area (Å²) in [6, 6.07) is 16.7. The molecule has 0 aliphatic rings. The van der Waals surface area contributed by atoms with E-state index in [9.17, 15) is 4.79 Å². The Balaban J connectivity index is 1.59. The van der Waals surface area contributed by atoms with Crippen LogP contribution < -0.4 is 11.1 Å². The predicted octanol–water partition coefficient (Wildman–Crippen LogP) is 3.61. The second-order valence-corrected chi connectivity index (χ2v) is 9.06. The molecular formula is C27H23N9O. The lowest BCUT2D eigenvalue weighted by Gasteiger charge is -2.26. The first-order valence-corrected chi connectivity index (χ1v) is 11.5. The van der Waals surface area contributed by atoms with Gasteiger partial charge in [-0.15, -0.1) is 0 Å². The number of pyridine rings is 2. The van der Waals surface area contributed by atoms with Gasteiger partial charge in [-0.1, -0.05) is 12.1 Å². The lowest BCUT2D eigenvalue weighted by Crippen LogP contribution is -2.42. The maximum Gasteiger partial charge on any atom is 0.274 e. The van der Waals surface area contributed by atoms with Crippen LogP contribution in [0.1, 0.15) is 35.6 Å². The van der Waals surface area contributed by atoms with Crippen molar-refractivity contribution in [3.05, 3.63) is 84.1 Å². The van der Waals surface area contributed by atoms with Crippen molar-refractivity contribution in [1.82, 2.24) is 35.0 Å². The first-order chi connectivity index (χ1) is 17.7. The molecule has 1 aromatic carbocycles. The van der Waals surface area contributed by atoms with Crippen LogP contribution in [0.5, 0.6) is 0 Å². The smallest absolute Gasteiger partial charge is 0.274 e. The molecule has 3 N–H and O–H groups in total. The summed E-state index contributed by atoms with van der Waals surface area (Å²) in [7, 11) is 1.81. The number of amides is 1. The van der Waals surface area contributed by atoms with E-state index in [1.54, 1.807) is 29.2 Å². The number of nitrogens with two attached hydrogens (primary N) is 1. The molecule has 0 atom stereocenters. The van der Waals surface area contributed by atoms with Gasteiger partial charge >= 0.3 is 0 Å². The molecule has 0 saturated heterocycles. The topological polar surface area (TPSA) is 148 Å².